The summed E-state index contributed by atoms with van der Waals surface area (Å²) in [5, 5.41) is 2.91. The molecule has 1 unspecified atom stereocenters. The van der Waals surface area contributed by atoms with Gasteiger partial charge in [0.15, 0.2) is 11.5 Å². The maximum Gasteiger partial charge on any atom is 0.244 e. The minimum atomic E-state index is -0.0832. The lowest BCUT2D eigenvalue weighted by Crippen LogP contribution is -2.24. The molecule has 0 fully saturated rings. The normalized spacial score (nSPS) is 13.9. The Balaban J connectivity index is 2.07. The van der Waals surface area contributed by atoms with Gasteiger partial charge in [0.05, 0.1) is 6.04 Å². The summed E-state index contributed by atoms with van der Waals surface area (Å²) in [5.74, 6) is 1.40. The summed E-state index contributed by atoms with van der Waals surface area (Å²) >= 11 is 0. The van der Waals surface area contributed by atoms with Gasteiger partial charge in [0.2, 0.25) is 12.7 Å². The number of carbonyl (C=O) groups is 1. The Morgan fingerprint density at radius 3 is 2.78 bits per heavy atom. The summed E-state index contributed by atoms with van der Waals surface area (Å²) in [6.07, 6.45) is 1.59. The lowest BCUT2D eigenvalue weighted by Gasteiger charge is -2.13. The third-order valence-corrected chi connectivity index (χ3v) is 2.68. The van der Waals surface area contributed by atoms with Crippen molar-refractivity contribution in [1.29, 1.82) is 0 Å². The summed E-state index contributed by atoms with van der Waals surface area (Å²) in [6, 6.07) is 5.63. The topological polar surface area (TPSA) is 47.6 Å². The number of amides is 1. The molecular formula is C14H17NO3. The first-order chi connectivity index (χ1) is 8.56. The van der Waals surface area contributed by atoms with Crippen LogP contribution >= 0.6 is 0 Å². The number of ether oxygens (including phenoxy) is 2. The Bertz CT molecular complexity index is 490. The molecule has 1 atom stereocenters. The quantitative estimate of drug-likeness (QED) is 0.835. The fourth-order valence-electron chi connectivity index (χ4n) is 1.78. The zero-order valence-corrected chi connectivity index (χ0v) is 10.8. The van der Waals surface area contributed by atoms with Crippen LogP contribution in [0.5, 0.6) is 11.5 Å². The molecule has 1 amide bonds. The van der Waals surface area contributed by atoms with E-state index in [-0.39, 0.29) is 18.7 Å². The Morgan fingerprint density at radius 2 is 2.06 bits per heavy atom. The van der Waals surface area contributed by atoms with Crippen LogP contribution in [0.2, 0.25) is 0 Å². The number of carbonyl (C=O) groups excluding carboxylic acids is 1. The van der Waals surface area contributed by atoms with Crippen LogP contribution < -0.4 is 14.8 Å². The molecule has 0 aliphatic carbocycles. The van der Waals surface area contributed by atoms with E-state index < -0.39 is 0 Å². The lowest BCUT2D eigenvalue weighted by molar-refractivity contribution is -0.117. The van der Waals surface area contributed by atoms with Gasteiger partial charge in [0.1, 0.15) is 0 Å². The van der Waals surface area contributed by atoms with E-state index in [1.165, 1.54) is 0 Å². The average Bonchev–Trinajstić information content (AvgIpc) is 2.74. The Hall–Kier alpha value is -1.97. The highest BCUT2D eigenvalue weighted by Gasteiger charge is 2.16. The Labute approximate surface area is 107 Å². The van der Waals surface area contributed by atoms with Crippen molar-refractivity contribution in [3.8, 4) is 11.5 Å². The predicted octanol–water partition coefficient (Wildman–Crippen LogP) is 2.56. The number of benzene rings is 1. The second-order valence-corrected chi connectivity index (χ2v) is 4.56. The summed E-state index contributed by atoms with van der Waals surface area (Å²) in [6.45, 7) is 5.99. The van der Waals surface area contributed by atoms with E-state index in [9.17, 15) is 4.79 Å². The molecular weight excluding hydrogens is 230 g/mol. The number of allylic oxidation sites excluding steroid dienone is 1. The molecule has 4 heteroatoms. The van der Waals surface area contributed by atoms with Gasteiger partial charge in [-0.25, -0.2) is 0 Å². The fourth-order valence-corrected chi connectivity index (χ4v) is 1.78. The first-order valence-electron chi connectivity index (χ1n) is 5.91. The molecule has 1 N–H and O–H groups in total. The molecule has 0 saturated carbocycles. The number of hydrogen-bond donors (Lipinski definition) is 1. The van der Waals surface area contributed by atoms with Gasteiger partial charge in [-0.2, -0.15) is 0 Å². The summed E-state index contributed by atoms with van der Waals surface area (Å²) in [7, 11) is 0. The first-order valence-corrected chi connectivity index (χ1v) is 5.91. The van der Waals surface area contributed by atoms with Gasteiger partial charge in [0.25, 0.3) is 0 Å². The largest absolute Gasteiger partial charge is 0.454 e. The van der Waals surface area contributed by atoms with Gasteiger partial charge in [-0.05, 0) is 38.5 Å². The molecule has 96 valence electrons. The van der Waals surface area contributed by atoms with E-state index in [4.69, 9.17) is 9.47 Å². The van der Waals surface area contributed by atoms with E-state index >= 15 is 0 Å². The van der Waals surface area contributed by atoms with Crippen LogP contribution in [0.3, 0.4) is 0 Å². The molecule has 4 nitrogen and oxygen atoms in total. The molecule has 1 aromatic rings. The molecule has 0 bridgehead atoms. The molecule has 0 aromatic heterocycles. The minimum Gasteiger partial charge on any atom is -0.454 e. The van der Waals surface area contributed by atoms with E-state index in [2.05, 4.69) is 5.32 Å². The second-order valence-electron chi connectivity index (χ2n) is 4.56. The molecule has 0 radical (unpaired) electrons. The molecule has 1 heterocycles. The third kappa shape index (κ3) is 2.83. The van der Waals surface area contributed by atoms with Crippen molar-refractivity contribution in [2.24, 2.45) is 0 Å². The van der Waals surface area contributed by atoms with Gasteiger partial charge in [0, 0.05) is 6.08 Å². The monoisotopic (exact) mass is 247 g/mol. The standard InChI is InChI=1S/C14H17NO3/c1-9(2)6-14(16)15-10(3)11-4-5-12-13(7-11)18-8-17-12/h4-7,10H,8H2,1-3H3,(H,15,16). The van der Waals surface area contributed by atoms with Gasteiger partial charge in [-0.15, -0.1) is 0 Å². The van der Waals surface area contributed by atoms with Gasteiger partial charge >= 0.3 is 0 Å². The third-order valence-electron chi connectivity index (χ3n) is 2.68. The van der Waals surface area contributed by atoms with Crippen molar-refractivity contribution in [3.05, 3.63) is 35.4 Å². The van der Waals surface area contributed by atoms with Crippen LogP contribution in [-0.4, -0.2) is 12.7 Å². The lowest BCUT2D eigenvalue weighted by atomic mass is 10.1. The van der Waals surface area contributed by atoms with E-state index in [0.29, 0.717) is 0 Å². The number of nitrogens with one attached hydrogen (secondary N) is 1. The maximum absolute atomic E-state index is 11.6. The Kier molecular flexibility index (Phi) is 3.55. The zero-order valence-electron chi connectivity index (χ0n) is 10.8. The van der Waals surface area contributed by atoms with E-state index in [0.717, 1.165) is 22.6 Å². The predicted molar refractivity (Wildman–Crippen MR) is 68.6 cm³/mol. The fraction of sp³-hybridized carbons (Fsp3) is 0.357. The van der Waals surface area contributed by atoms with Crippen molar-refractivity contribution in [2.75, 3.05) is 6.79 Å². The molecule has 2 rings (SSSR count). The van der Waals surface area contributed by atoms with Crippen molar-refractivity contribution in [2.45, 2.75) is 26.8 Å². The number of fused-ring (bicyclic) bond motifs is 1. The SMILES string of the molecule is CC(C)=CC(=O)NC(C)c1ccc2c(c1)OCO2. The first kappa shape index (κ1) is 12.5. The van der Waals surface area contributed by atoms with Gasteiger partial charge < -0.3 is 14.8 Å². The molecule has 18 heavy (non-hydrogen) atoms. The Morgan fingerprint density at radius 1 is 1.33 bits per heavy atom. The average molecular weight is 247 g/mol. The summed E-state index contributed by atoms with van der Waals surface area (Å²) < 4.78 is 10.6. The van der Waals surface area contributed by atoms with Gasteiger partial charge in [-0.3, -0.25) is 4.79 Å². The van der Waals surface area contributed by atoms with E-state index in [1.54, 1.807) is 6.08 Å². The van der Waals surface area contributed by atoms with Crippen LogP contribution in [0.1, 0.15) is 32.4 Å². The highest BCUT2D eigenvalue weighted by Crippen LogP contribution is 2.34. The van der Waals surface area contributed by atoms with Crippen molar-refractivity contribution in [3.63, 3.8) is 0 Å². The van der Waals surface area contributed by atoms with Crippen LogP contribution in [-0.2, 0) is 4.79 Å². The summed E-state index contributed by atoms with van der Waals surface area (Å²) in [5.41, 5.74) is 1.97. The maximum atomic E-state index is 11.6. The number of rotatable bonds is 3. The molecule has 1 aromatic carbocycles. The van der Waals surface area contributed by atoms with Crippen LogP contribution in [0, 0.1) is 0 Å². The number of hydrogen-bond acceptors (Lipinski definition) is 3. The van der Waals surface area contributed by atoms with Crippen LogP contribution in [0.4, 0.5) is 0 Å². The minimum absolute atomic E-state index is 0.0670. The molecule has 1 aliphatic rings. The summed E-state index contributed by atoms with van der Waals surface area (Å²) in [4.78, 5) is 11.6. The highest BCUT2D eigenvalue weighted by atomic mass is 16.7. The molecule has 0 saturated heterocycles. The van der Waals surface area contributed by atoms with E-state index in [1.807, 2.05) is 39.0 Å². The van der Waals surface area contributed by atoms with Crippen LogP contribution in [0.15, 0.2) is 29.8 Å². The van der Waals surface area contributed by atoms with Crippen molar-refractivity contribution >= 4 is 5.91 Å². The molecule has 1 aliphatic heterocycles. The van der Waals surface area contributed by atoms with Gasteiger partial charge in [-0.1, -0.05) is 11.6 Å². The second kappa shape index (κ2) is 5.12. The zero-order chi connectivity index (χ0) is 13.1. The highest BCUT2D eigenvalue weighted by molar-refractivity contribution is 5.88. The van der Waals surface area contributed by atoms with Crippen molar-refractivity contribution in [1.82, 2.24) is 5.32 Å². The van der Waals surface area contributed by atoms with Crippen LogP contribution in [0.25, 0.3) is 0 Å². The smallest absolute Gasteiger partial charge is 0.244 e. The molecule has 0 spiro atoms. The van der Waals surface area contributed by atoms with Crippen molar-refractivity contribution < 1.29 is 14.3 Å².